The average Bonchev–Trinajstić information content (AvgIpc) is 2.65. The molecule has 0 saturated carbocycles. The van der Waals surface area contributed by atoms with Gasteiger partial charge in [0.1, 0.15) is 5.69 Å². The van der Waals surface area contributed by atoms with E-state index in [4.69, 9.17) is 5.11 Å². The SMILES string of the molecule is O=C(CCc1nc2ccccc2[nH]c1=O)NCc1cccc(C(=O)O)c1. The highest BCUT2D eigenvalue weighted by molar-refractivity contribution is 5.87. The lowest BCUT2D eigenvalue weighted by Gasteiger charge is -2.06. The third kappa shape index (κ3) is 4.13. The Morgan fingerprint density at radius 1 is 1.12 bits per heavy atom. The first-order valence-electron chi connectivity index (χ1n) is 8.10. The van der Waals surface area contributed by atoms with E-state index >= 15 is 0 Å². The summed E-state index contributed by atoms with van der Waals surface area (Å²) in [5.41, 5.74) is 2.21. The summed E-state index contributed by atoms with van der Waals surface area (Å²) in [7, 11) is 0. The molecular weight excluding hydrogens is 334 g/mol. The first-order valence-corrected chi connectivity index (χ1v) is 8.10. The van der Waals surface area contributed by atoms with Gasteiger partial charge in [0.25, 0.3) is 5.56 Å². The van der Waals surface area contributed by atoms with Crippen LogP contribution in [-0.4, -0.2) is 27.0 Å². The van der Waals surface area contributed by atoms with Gasteiger partial charge in [-0.05, 0) is 29.8 Å². The molecular formula is C19H17N3O4. The van der Waals surface area contributed by atoms with E-state index in [0.29, 0.717) is 22.3 Å². The Kier molecular flexibility index (Phi) is 5.07. The molecule has 1 aromatic heterocycles. The van der Waals surface area contributed by atoms with Crippen LogP contribution < -0.4 is 10.9 Å². The number of carboxylic acids is 1. The topological polar surface area (TPSA) is 112 Å². The van der Waals surface area contributed by atoms with Crippen molar-refractivity contribution in [2.45, 2.75) is 19.4 Å². The fourth-order valence-electron chi connectivity index (χ4n) is 2.57. The van der Waals surface area contributed by atoms with Crippen molar-refractivity contribution >= 4 is 22.9 Å². The standard InChI is InChI=1S/C19H17N3O4/c23-17(20-11-12-4-3-5-13(10-12)19(25)26)9-8-16-18(24)22-15-7-2-1-6-14(15)21-16/h1-7,10H,8-9,11H2,(H,20,23)(H,22,24)(H,25,26). The first-order chi connectivity index (χ1) is 12.5. The number of para-hydroxylation sites is 2. The molecule has 2 aromatic carbocycles. The van der Waals surface area contributed by atoms with Gasteiger partial charge in [0.2, 0.25) is 5.91 Å². The molecule has 0 fully saturated rings. The molecule has 132 valence electrons. The minimum absolute atomic E-state index is 0.118. The summed E-state index contributed by atoms with van der Waals surface area (Å²) in [5, 5.41) is 11.7. The number of aromatic amines is 1. The van der Waals surface area contributed by atoms with Crippen LogP contribution in [-0.2, 0) is 17.8 Å². The molecule has 7 heteroatoms. The summed E-state index contributed by atoms with van der Waals surface area (Å²) < 4.78 is 0. The second-order valence-corrected chi connectivity index (χ2v) is 5.81. The van der Waals surface area contributed by atoms with Crippen molar-refractivity contribution < 1.29 is 14.7 Å². The third-order valence-corrected chi connectivity index (χ3v) is 3.92. The van der Waals surface area contributed by atoms with Crippen molar-refractivity contribution in [1.82, 2.24) is 15.3 Å². The number of aromatic nitrogens is 2. The van der Waals surface area contributed by atoms with Crippen molar-refractivity contribution in [2.75, 3.05) is 0 Å². The molecule has 0 radical (unpaired) electrons. The molecule has 0 aliphatic heterocycles. The van der Waals surface area contributed by atoms with Gasteiger partial charge in [-0.25, -0.2) is 9.78 Å². The molecule has 1 amide bonds. The van der Waals surface area contributed by atoms with Gasteiger partial charge in [-0.3, -0.25) is 9.59 Å². The number of nitrogens with zero attached hydrogens (tertiary/aromatic N) is 1. The Balaban J connectivity index is 1.59. The van der Waals surface area contributed by atoms with Crippen molar-refractivity contribution in [1.29, 1.82) is 0 Å². The molecule has 3 N–H and O–H groups in total. The van der Waals surface area contributed by atoms with Crippen LogP contribution >= 0.6 is 0 Å². The van der Waals surface area contributed by atoms with Crippen molar-refractivity contribution in [2.24, 2.45) is 0 Å². The van der Waals surface area contributed by atoms with Crippen LogP contribution in [0.1, 0.15) is 28.0 Å². The number of aromatic carboxylic acids is 1. The molecule has 7 nitrogen and oxygen atoms in total. The van der Waals surface area contributed by atoms with E-state index in [2.05, 4.69) is 15.3 Å². The summed E-state index contributed by atoms with van der Waals surface area (Å²) in [6.07, 6.45) is 0.341. The van der Waals surface area contributed by atoms with E-state index in [1.807, 2.05) is 12.1 Å². The van der Waals surface area contributed by atoms with Crippen LogP contribution in [0.25, 0.3) is 11.0 Å². The summed E-state index contributed by atoms with van der Waals surface area (Å²) in [6, 6.07) is 13.6. The molecule has 3 aromatic rings. The van der Waals surface area contributed by atoms with Crippen LogP contribution in [0.4, 0.5) is 0 Å². The van der Waals surface area contributed by atoms with Gasteiger partial charge in [-0.1, -0.05) is 24.3 Å². The second kappa shape index (κ2) is 7.60. The minimum atomic E-state index is -1.01. The van der Waals surface area contributed by atoms with Gasteiger partial charge in [-0.15, -0.1) is 0 Å². The fraction of sp³-hybridized carbons (Fsp3) is 0.158. The van der Waals surface area contributed by atoms with Crippen LogP contribution in [0.3, 0.4) is 0 Å². The lowest BCUT2D eigenvalue weighted by Crippen LogP contribution is -2.25. The van der Waals surface area contributed by atoms with E-state index in [9.17, 15) is 14.4 Å². The highest BCUT2D eigenvalue weighted by atomic mass is 16.4. The number of carbonyl (C=O) groups is 2. The number of H-pyrrole nitrogens is 1. The summed E-state index contributed by atoms with van der Waals surface area (Å²) in [5.74, 6) is -1.25. The molecule has 1 heterocycles. The Bertz CT molecular complexity index is 1030. The van der Waals surface area contributed by atoms with Gasteiger partial charge in [0.15, 0.2) is 0 Å². The maximum Gasteiger partial charge on any atom is 0.335 e. The number of aryl methyl sites for hydroxylation is 1. The van der Waals surface area contributed by atoms with Crippen molar-refractivity contribution in [3.8, 4) is 0 Å². The number of amides is 1. The highest BCUT2D eigenvalue weighted by Gasteiger charge is 2.09. The van der Waals surface area contributed by atoms with Crippen molar-refractivity contribution in [3.63, 3.8) is 0 Å². The monoisotopic (exact) mass is 351 g/mol. The molecule has 0 atom stereocenters. The fourth-order valence-corrected chi connectivity index (χ4v) is 2.57. The Labute approximate surface area is 148 Å². The number of nitrogens with one attached hydrogen (secondary N) is 2. The molecule has 3 rings (SSSR count). The largest absolute Gasteiger partial charge is 0.478 e. The average molecular weight is 351 g/mol. The van der Waals surface area contributed by atoms with Crippen LogP contribution in [0.5, 0.6) is 0 Å². The van der Waals surface area contributed by atoms with Crippen molar-refractivity contribution in [3.05, 3.63) is 75.7 Å². The molecule has 0 bridgehead atoms. The first kappa shape index (κ1) is 17.3. The Morgan fingerprint density at radius 2 is 1.92 bits per heavy atom. The smallest absolute Gasteiger partial charge is 0.335 e. The number of rotatable bonds is 6. The number of benzene rings is 2. The molecule has 0 aliphatic carbocycles. The van der Waals surface area contributed by atoms with Crippen LogP contribution in [0.15, 0.2) is 53.3 Å². The van der Waals surface area contributed by atoms with Gasteiger partial charge in [-0.2, -0.15) is 0 Å². The third-order valence-electron chi connectivity index (χ3n) is 3.92. The predicted octanol–water partition coefficient (Wildman–Crippen LogP) is 1.87. The number of carboxylic acid groups (broad SMARTS) is 1. The minimum Gasteiger partial charge on any atom is -0.478 e. The van der Waals surface area contributed by atoms with E-state index in [1.54, 1.807) is 24.3 Å². The maximum atomic E-state index is 12.0. The molecule has 26 heavy (non-hydrogen) atoms. The Hall–Kier alpha value is -3.48. The summed E-state index contributed by atoms with van der Waals surface area (Å²) in [6.45, 7) is 0.224. The maximum absolute atomic E-state index is 12.0. The van der Waals surface area contributed by atoms with E-state index in [1.165, 1.54) is 12.1 Å². The zero-order valence-electron chi connectivity index (χ0n) is 13.9. The van der Waals surface area contributed by atoms with Crippen LogP contribution in [0, 0.1) is 0 Å². The predicted molar refractivity (Wildman–Crippen MR) is 95.9 cm³/mol. The summed E-state index contributed by atoms with van der Waals surface area (Å²) >= 11 is 0. The zero-order chi connectivity index (χ0) is 18.5. The van der Waals surface area contributed by atoms with Gasteiger partial charge in [0.05, 0.1) is 16.6 Å². The molecule has 0 unspecified atom stereocenters. The number of hydrogen-bond donors (Lipinski definition) is 3. The quantitative estimate of drug-likeness (QED) is 0.628. The second-order valence-electron chi connectivity index (χ2n) is 5.81. The number of hydrogen-bond acceptors (Lipinski definition) is 4. The Morgan fingerprint density at radius 3 is 2.73 bits per heavy atom. The van der Waals surface area contributed by atoms with E-state index in [0.717, 1.165) is 0 Å². The molecule has 0 saturated heterocycles. The summed E-state index contributed by atoms with van der Waals surface area (Å²) in [4.78, 5) is 42.0. The highest BCUT2D eigenvalue weighted by Crippen LogP contribution is 2.07. The van der Waals surface area contributed by atoms with Crippen LogP contribution in [0.2, 0.25) is 0 Å². The van der Waals surface area contributed by atoms with Gasteiger partial charge in [0, 0.05) is 19.4 Å². The number of fused-ring (bicyclic) bond motifs is 1. The van der Waals surface area contributed by atoms with E-state index < -0.39 is 5.97 Å². The van der Waals surface area contributed by atoms with E-state index in [-0.39, 0.29) is 36.4 Å². The molecule has 0 aliphatic rings. The van der Waals surface area contributed by atoms with Gasteiger partial charge < -0.3 is 15.4 Å². The normalized spacial score (nSPS) is 10.6. The number of carbonyl (C=O) groups excluding carboxylic acids is 1. The lowest BCUT2D eigenvalue weighted by atomic mass is 10.1. The molecule has 0 spiro atoms. The lowest BCUT2D eigenvalue weighted by molar-refractivity contribution is -0.121. The van der Waals surface area contributed by atoms with Gasteiger partial charge >= 0.3 is 5.97 Å². The zero-order valence-corrected chi connectivity index (χ0v) is 13.9.